The first kappa shape index (κ1) is 16.0. The van der Waals surface area contributed by atoms with Crippen LogP contribution in [0.25, 0.3) is 0 Å². The van der Waals surface area contributed by atoms with Crippen molar-refractivity contribution in [3.05, 3.63) is 39.4 Å². The number of nitrogens with one attached hydrogen (secondary N) is 1. The van der Waals surface area contributed by atoms with Crippen molar-refractivity contribution in [1.82, 2.24) is 15.5 Å². The predicted octanol–water partition coefficient (Wildman–Crippen LogP) is 3.53. The van der Waals surface area contributed by atoms with Gasteiger partial charge < -0.3 is 14.6 Å². The Morgan fingerprint density at radius 2 is 2.14 bits per heavy atom. The van der Waals surface area contributed by atoms with Crippen molar-refractivity contribution in [2.75, 3.05) is 6.54 Å². The summed E-state index contributed by atoms with van der Waals surface area (Å²) in [7, 11) is 0. The molecule has 0 amide bonds. The summed E-state index contributed by atoms with van der Waals surface area (Å²) in [6.07, 6.45) is 1.10. The van der Waals surface area contributed by atoms with Crippen LogP contribution in [0.5, 0.6) is 5.75 Å². The van der Waals surface area contributed by atoms with Crippen molar-refractivity contribution >= 4 is 15.9 Å². The van der Waals surface area contributed by atoms with Gasteiger partial charge in [0.25, 0.3) is 0 Å². The molecule has 21 heavy (non-hydrogen) atoms. The average Bonchev–Trinajstić information content (AvgIpc) is 2.83. The van der Waals surface area contributed by atoms with E-state index in [4.69, 9.17) is 9.26 Å². The second-order valence-electron chi connectivity index (χ2n) is 4.91. The minimum absolute atomic E-state index is 0.306. The molecule has 1 heterocycles. The van der Waals surface area contributed by atoms with Crippen LogP contribution in [0.2, 0.25) is 0 Å². The number of aryl methyl sites for hydroxylation is 2. The van der Waals surface area contributed by atoms with Crippen molar-refractivity contribution in [3.63, 3.8) is 0 Å². The van der Waals surface area contributed by atoms with E-state index in [-0.39, 0.29) is 0 Å². The van der Waals surface area contributed by atoms with Crippen LogP contribution in [-0.2, 0) is 13.2 Å². The molecule has 0 saturated carbocycles. The first-order chi connectivity index (χ1) is 10.1. The molecular formula is C15H20BrN3O2. The molecule has 0 aliphatic heterocycles. The van der Waals surface area contributed by atoms with E-state index in [0.717, 1.165) is 40.9 Å². The lowest BCUT2D eigenvalue weighted by Gasteiger charge is -2.14. The Bertz CT molecular complexity index is 599. The van der Waals surface area contributed by atoms with Gasteiger partial charge in [-0.1, -0.05) is 28.0 Å². The molecule has 0 unspecified atom stereocenters. The van der Waals surface area contributed by atoms with Crippen molar-refractivity contribution in [2.45, 2.75) is 40.3 Å². The molecule has 0 aliphatic carbocycles. The van der Waals surface area contributed by atoms with Crippen LogP contribution in [0.4, 0.5) is 0 Å². The Hall–Kier alpha value is -1.40. The lowest BCUT2D eigenvalue weighted by atomic mass is 10.1. The Morgan fingerprint density at radius 3 is 2.81 bits per heavy atom. The summed E-state index contributed by atoms with van der Waals surface area (Å²) in [4.78, 5) is 4.15. The fourth-order valence-electron chi connectivity index (χ4n) is 2.07. The standard InChI is InChI=1S/C15H20BrN3O2/c1-4-5-17-8-12-7-13(16)6-10(2)15(12)20-9-14-18-11(3)21-19-14/h6-7,17H,4-5,8-9H2,1-3H3. The van der Waals surface area contributed by atoms with E-state index >= 15 is 0 Å². The topological polar surface area (TPSA) is 60.2 Å². The third kappa shape index (κ3) is 4.54. The molecule has 2 aromatic rings. The van der Waals surface area contributed by atoms with Gasteiger partial charge in [0.05, 0.1) is 0 Å². The molecule has 2 rings (SSSR count). The van der Waals surface area contributed by atoms with Gasteiger partial charge in [-0.25, -0.2) is 0 Å². The van der Waals surface area contributed by atoms with Crippen LogP contribution in [-0.4, -0.2) is 16.7 Å². The smallest absolute Gasteiger partial charge is 0.223 e. The Morgan fingerprint density at radius 1 is 1.33 bits per heavy atom. The normalized spacial score (nSPS) is 10.9. The summed E-state index contributed by atoms with van der Waals surface area (Å²) in [5, 5.41) is 7.25. The van der Waals surface area contributed by atoms with E-state index in [1.807, 2.05) is 13.0 Å². The van der Waals surface area contributed by atoms with Crippen LogP contribution >= 0.6 is 15.9 Å². The maximum absolute atomic E-state index is 5.91. The number of rotatable bonds is 7. The molecule has 0 fully saturated rings. The first-order valence-corrected chi connectivity index (χ1v) is 7.81. The molecule has 1 aromatic heterocycles. The molecule has 0 bridgehead atoms. The summed E-state index contributed by atoms with van der Waals surface area (Å²) in [5.74, 6) is 1.98. The molecule has 5 nitrogen and oxygen atoms in total. The average molecular weight is 354 g/mol. The predicted molar refractivity (Wildman–Crippen MR) is 84.2 cm³/mol. The third-order valence-electron chi connectivity index (χ3n) is 2.97. The molecule has 0 aliphatic rings. The first-order valence-electron chi connectivity index (χ1n) is 7.02. The molecule has 114 valence electrons. The van der Waals surface area contributed by atoms with Crippen molar-refractivity contribution < 1.29 is 9.26 Å². The van der Waals surface area contributed by atoms with Crippen molar-refractivity contribution in [1.29, 1.82) is 0 Å². The molecule has 1 aromatic carbocycles. The summed E-state index contributed by atoms with van der Waals surface area (Å²) < 4.78 is 11.9. The molecule has 0 saturated heterocycles. The number of benzene rings is 1. The van der Waals surface area contributed by atoms with E-state index in [9.17, 15) is 0 Å². The minimum Gasteiger partial charge on any atom is -0.485 e. The number of hydrogen-bond acceptors (Lipinski definition) is 5. The fourth-order valence-corrected chi connectivity index (χ4v) is 2.69. The van der Waals surface area contributed by atoms with Gasteiger partial charge >= 0.3 is 0 Å². The largest absolute Gasteiger partial charge is 0.485 e. The SMILES string of the molecule is CCCNCc1cc(Br)cc(C)c1OCc1noc(C)n1. The number of halogens is 1. The van der Waals surface area contributed by atoms with E-state index in [1.165, 1.54) is 0 Å². The Kier molecular flexibility index (Phi) is 5.76. The van der Waals surface area contributed by atoms with E-state index < -0.39 is 0 Å². The lowest BCUT2D eigenvalue weighted by Crippen LogP contribution is -2.15. The number of hydrogen-bond donors (Lipinski definition) is 1. The molecule has 6 heteroatoms. The number of aromatic nitrogens is 2. The number of ether oxygens (including phenoxy) is 1. The summed E-state index contributed by atoms with van der Waals surface area (Å²) in [6, 6.07) is 4.12. The number of nitrogens with zero attached hydrogens (tertiary/aromatic N) is 2. The van der Waals surface area contributed by atoms with Gasteiger partial charge in [-0.05, 0) is 37.6 Å². The molecule has 1 N–H and O–H groups in total. The quantitative estimate of drug-likeness (QED) is 0.771. The zero-order valence-corrected chi connectivity index (χ0v) is 14.2. The second-order valence-corrected chi connectivity index (χ2v) is 5.82. The van der Waals surface area contributed by atoms with Gasteiger partial charge in [-0.2, -0.15) is 4.98 Å². The van der Waals surface area contributed by atoms with Crippen LogP contribution in [0.3, 0.4) is 0 Å². The van der Waals surface area contributed by atoms with E-state index in [2.05, 4.69) is 44.4 Å². The van der Waals surface area contributed by atoms with Gasteiger partial charge in [0.15, 0.2) is 6.61 Å². The summed E-state index contributed by atoms with van der Waals surface area (Å²) in [5.41, 5.74) is 2.20. The maximum atomic E-state index is 5.91. The zero-order chi connectivity index (χ0) is 15.2. The van der Waals surface area contributed by atoms with Gasteiger partial charge in [-0.15, -0.1) is 0 Å². The molecular weight excluding hydrogens is 334 g/mol. The van der Waals surface area contributed by atoms with Crippen molar-refractivity contribution in [2.24, 2.45) is 0 Å². The van der Waals surface area contributed by atoms with Gasteiger partial charge in [0.2, 0.25) is 11.7 Å². The highest BCUT2D eigenvalue weighted by atomic mass is 79.9. The lowest BCUT2D eigenvalue weighted by molar-refractivity contribution is 0.280. The van der Waals surface area contributed by atoms with E-state index in [1.54, 1.807) is 6.92 Å². The van der Waals surface area contributed by atoms with Crippen molar-refractivity contribution in [3.8, 4) is 5.75 Å². The monoisotopic (exact) mass is 353 g/mol. The van der Waals surface area contributed by atoms with E-state index in [0.29, 0.717) is 18.3 Å². The van der Waals surface area contributed by atoms with Crippen LogP contribution < -0.4 is 10.1 Å². The highest BCUT2D eigenvalue weighted by Gasteiger charge is 2.11. The van der Waals surface area contributed by atoms with Crippen LogP contribution in [0.1, 0.15) is 36.2 Å². The molecule has 0 radical (unpaired) electrons. The summed E-state index contributed by atoms with van der Waals surface area (Å²) in [6.45, 7) is 8.01. The van der Waals surface area contributed by atoms with Crippen LogP contribution in [0.15, 0.2) is 21.1 Å². The third-order valence-corrected chi connectivity index (χ3v) is 3.43. The van der Waals surface area contributed by atoms with Gasteiger partial charge in [0.1, 0.15) is 5.75 Å². The minimum atomic E-state index is 0.306. The highest BCUT2D eigenvalue weighted by molar-refractivity contribution is 9.10. The van der Waals surface area contributed by atoms with Gasteiger partial charge in [0, 0.05) is 23.5 Å². The van der Waals surface area contributed by atoms with Gasteiger partial charge in [-0.3, -0.25) is 0 Å². The highest BCUT2D eigenvalue weighted by Crippen LogP contribution is 2.28. The summed E-state index contributed by atoms with van der Waals surface area (Å²) >= 11 is 3.53. The Labute approximate surface area is 133 Å². The zero-order valence-electron chi connectivity index (χ0n) is 12.6. The Balaban J connectivity index is 2.12. The van der Waals surface area contributed by atoms with Crippen LogP contribution in [0, 0.1) is 13.8 Å². The fraction of sp³-hybridized carbons (Fsp3) is 0.467. The second kappa shape index (κ2) is 7.56. The molecule has 0 atom stereocenters. The maximum Gasteiger partial charge on any atom is 0.223 e. The molecule has 0 spiro atoms.